The molecule has 2 heterocycles. The van der Waals surface area contributed by atoms with Crippen molar-refractivity contribution in [2.45, 2.75) is 71.3 Å². The zero-order chi connectivity index (χ0) is 24.7. The largest absolute Gasteiger partial charge is 0.491 e. The zero-order valence-corrected chi connectivity index (χ0v) is 21.3. The molecular formula is C30H40N2O3. The highest BCUT2D eigenvalue weighted by molar-refractivity contribution is 5.84. The summed E-state index contributed by atoms with van der Waals surface area (Å²) in [6, 6.07) is 18.2. The first-order valence-corrected chi connectivity index (χ1v) is 13.3. The molecule has 5 heteroatoms. The van der Waals surface area contributed by atoms with Crippen LogP contribution in [0.1, 0.15) is 63.5 Å². The van der Waals surface area contributed by atoms with Crippen molar-refractivity contribution in [1.29, 1.82) is 0 Å². The summed E-state index contributed by atoms with van der Waals surface area (Å²) in [7, 11) is 0. The number of benzene rings is 2. The van der Waals surface area contributed by atoms with E-state index in [4.69, 9.17) is 4.74 Å². The first-order valence-electron chi connectivity index (χ1n) is 13.3. The molecule has 5 nitrogen and oxygen atoms in total. The molecule has 0 aliphatic carbocycles. The molecule has 2 aromatic carbocycles. The van der Waals surface area contributed by atoms with Crippen molar-refractivity contribution in [3.8, 4) is 5.75 Å². The third-order valence-corrected chi connectivity index (χ3v) is 7.61. The van der Waals surface area contributed by atoms with Gasteiger partial charge < -0.3 is 15.0 Å². The number of rotatable bonds is 4. The predicted molar refractivity (Wildman–Crippen MR) is 139 cm³/mol. The van der Waals surface area contributed by atoms with Crippen molar-refractivity contribution in [3.05, 3.63) is 65.7 Å². The minimum atomic E-state index is -0.405. The molecule has 1 N–H and O–H groups in total. The first kappa shape index (κ1) is 25.3. The van der Waals surface area contributed by atoms with Gasteiger partial charge in [0.1, 0.15) is 12.4 Å². The number of amides is 2. The standard InChI is InChI=1S/C30H40N2O3/c1-23(2)20-26-22-35-27-14-7-6-12-25(27)13-8-9-15-30(29(34)31-26)16-18-32(19-17-30)28(33)21-24-10-4-3-5-11-24/h3-7,10-12,14,23,26H,8-9,13,15-22H2,1-2H3,(H,31,34)/t26-/m0/s1. The molecule has 1 fully saturated rings. The number of ether oxygens (including phenoxy) is 1. The maximum atomic E-state index is 13.7. The van der Waals surface area contributed by atoms with Gasteiger partial charge in [-0.2, -0.15) is 0 Å². The van der Waals surface area contributed by atoms with Gasteiger partial charge in [-0.15, -0.1) is 0 Å². The lowest BCUT2D eigenvalue weighted by Gasteiger charge is -2.42. The lowest BCUT2D eigenvalue weighted by molar-refractivity contribution is -0.141. The summed E-state index contributed by atoms with van der Waals surface area (Å²) in [4.78, 5) is 28.6. The van der Waals surface area contributed by atoms with Crippen LogP contribution in [0, 0.1) is 11.3 Å². The molecular weight excluding hydrogens is 436 g/mol. The van der Waals surface area contributed by atoms with Gasteiger partial charge in [0.25, 0.3) is 0 Å². The van der Waals surface area contributed by atoms with Crippen LogP contribution in [0.3, 0.4) is 0 Å². The smallest absolute Gasteiger partial charge is 0.226 e. The maximum Gasteiger partial charge on any atom is 0.226 e. The Bertz CT molecular complexity index is 980. The number of hydrogen-bond acceptors (Lipinski definition) is 3. The summed E-state index contributed by atoms with van der Waals surface area (Å²) in [5, 5.41) is 3.37. The highest BCUT2D eigenvalue weighted by Crippen LogP contribution is 2.38. The van der Waals surface area contributed by atoms with Crippen LogP contribution < -0.4 is 10.1 Å². The molecule has 0 saturated carbocycles. The maximum absolute atomic E-state index is 13.7. The van der Waals surface area contributed by atoms with Gasteiger partial charge in [-0.25, -0.2) is 0 Å². The van der Waals surface area contributed by atoms with Crippen molar-refractivity contribution in [2.75, 3.05) is 19.7 Å². The highest BCUT2D eigenvalue weighted by Gasteiger charge is 2.42. The molecule has 2 aromatic rings. The van der Waals surface area contributed by atoms with Crippen LogP contribution in [0.5, 0.6) is 5.75 Å². The van der Waals surface area contributed by atoms with Crippen molar-refractivity contribution in [2.24, 2.45) is 11.3 Å². The molecule has 4 rings (SSSR count). The fourth-order valence-corrected chi connectivity index (χ4v) is 5.55. The van der Waals surface area contributed by atoms with Gasteiger partial charge in [0.15, 0.2) is 0 Å². The second kappa shape index (κ2) is 11.7. The number of fused-ring (bicyclic) bond motifs is 1. The second-order valence-electron chi connectivity index (χ2n) is 10.7. The van der Waals surface area contributed by atoms with Gasteiger partial charge in [-0.3, -0.25) is 9.59 Å². The van der Waals surface area contributed by atoms with Crippen molar-refractivity contribution < 1.29 is 14.3 Å². The summed E-state index contributed by atoms with van der Waals surface area (Å²) in [6.45, 7) is 6.14. The van der Waals surface area contributed by atoms with Crippen LogP contribution in [0.2, 0.25) is 0 Å². The van der Waals surface area contributed by atoms with E-state index in [9.17, 15) is 9.59 Å². The van der Waals surface area contributed by atoms with E-state index in [2.05, 4.69) is 31.3 Å². The SMILES string of the molecule is CC(C)C[C@H]1COc2ccccc2CCCCC2(CCN(C(=O)Cc3ccccc3)CC2)C(=O)N1. The van der Waals surface area contributed by atoms with E-state index in [1.165, 1.54) is 5.56 Å². The first-order chi connectivity index (χ1) is 16.9. The van der Waals surface area contributed by atoms with Gasteiger partial charge in [0.2, 0.25) is 11.8 Å². The van der Waals surface area contributed by atoms with Crippen molar-refractivity contribution >= 4 is 11.8 Å². The average Bonchev–Trinajstić information content (AvgIpc) is 2.85. The van der Waals surface area contributed by atoms with E-state index in [0.29, 0.717) is 32.0 Å². The number of hydrogen-bond donors (Lipinski definition) is 1. The highest BCUT2D eigenvalue weighted by atomic mass is 16.5. The molecule has 1 saturated heterocycles. The Hall–Kier alpha value is -2.82. The number of carbonyl (C=O) groups is 2. The fraction of sp³-hybridized carbons (Fsp3) is 0.533. The summed E-state index contributed by atoms with van der Waals surface area (Å²) in [5.41, 5.74) is 1.88. The lowest BCUT2D eigenvalue weighted by Crippen LogP contribution is -2.53. The Morgan fingerprint density at radius 2 is 1.74 bits per heavy atom. The summed E-state index contributed by atoms with van der Waals surface area (Å²) in [6.07, 6.45) is 6.62. The topological polar surface area (TPSA) is 58.6 Å². The van der Waals surface area contributed by atoms with E-state index in [1.54, 1.807) is 0 Å². The van der Waals surface area contributed by atoms with Crippen LogP contribution in [-0.4, -0.2) is 42.5 Å². The van der Waals surface area contributed by atoms with E-state index in [-0.39, 0.29) is 17.9 Å². The normalized spacial score (nSPS) is 20.8. The van der Waals surface area contributed by atoms with Gasteiger partial charge in [0, 0.05) is 13.1 Å². The average molecular weight is 477 g/mol. The van der Waals surface area contributed by atoms with E-state index in [1.807, 2.05) is 47.4 Å². The Labute approximate surface area is 210 Å². The number of para-hydroxylation sites is 1. The molecule has 1 atom stereocenters. The molecule has 0 bridgehead atoms. The zero-order valence-electron chi connectivity index (χ0n) is 21.3. The number of likely N-dealkylation sites (tertiary alicyclic amines) is 1. The predicted octanol–water partition coefficient (Wildman–Crippen LogP) is 5.17. The molecule has 2 aliphatic rings. The molecule has 2 amide bonds. The van der Waals surface area contributed by atoms with Gasteiger partial charge in [-0.05, 0) is 61.6 Å². The van der Waals surface area contributed by atoms with Crippen molar-refractivity contribution in [3.63, 3.8) is 0 Å². The van der Waals surface area contributed by atoms with Gasteiger partial charge in [0.05, 0.1) is 17.9 Å². The molecule has 0 unspecified atom stereocenters. The van der Waals surface area contributed by atoms with Crippen LogP contribution in [0.25, 0.3) is 0 Å². The van der Waals surface area contributed by atoms with E-state index in [0.717, 1.165) is 56.3 Å². The molecule has 188 valence electrons. The number of piperidine rings is 1. The molecule has 1 spiro atoms. The summed E-state index contributed by atoms with van der Waals surface area (Å²) in [5.74, 6) is 1.70. The number of nitrogens with zero attached hydrogens (tertiary/aromatic N) is 1. The van der Waals surface area contributed by atoms with E-state index >= 15 is 0 Å². The molecule has 2 aliphatic heterocycles. The third-order valence-electron chi connectivity index (χ3n) is 7.61. The van der Waals surface area contributed by atoms with Crippen LogP contribution in [0.4, 0.5) is 0 Å². The Morgan fingerprint density at radius 3 is 2.49 bits per heavy atom. The number of aryl methyl sites for hydroxylation is 1. The van der Waals surface area contributed by atoms with Gasteiger partial charge in [-0.1, -0.05) is 68.8 Å². The Kier molecular flexibility index (Phi) is 8.48. The summed E-state index contributed by atoms with van der Waals surface area (Å²) < 4.78 is 6.24. The number of nitrogens with one attached hydrogen (secondary N) is 1. The molecule has 35 heavy (non-hydrogen) atoms. The monoisotopic (exact) mass is 476 g/mol. The van der Waals surface area contributed by atoms with E-state index < -0.39 is 5.41 Å². The van der Waals surface area contributed by atoms with Gasteiger partial charge >= 0.3 is 0 Å². The molecule has 0 aromatic heterocycles. The quantitative estimate of drug-likeness (QED) is 0.662. The Morgan fingerprint density at radius 1 is 1.03 bits per heavy atom. The number of carbonyl (C=O) groups excluding carboxylic acids is 2. The summed E-state index contributed by atoms with van der Waals surface area (Å²) >= 11 is 0. The van der Waals surface area contributed by atoms with Crippen molar-refractivity contribution in [1.82, 2.24) is 10.2 Å². The molecule has 0 radical (unpaired) electrons. The fourth-order valence-electron chi connectivity index (χ4n) is 5.55. The van der Waals surface area contributed by atoms with Crippen LogP contribution in [-0.2, 0) is 22.4 Å². The minimum absolute atomic E-state index is 0.0235. The van der Waals surface area contributed by atoms with Crippen LogP contribution in [0.15, 0.2) is 54.6 Å². The lowest BCUT2D eigenvalue weighted by atomic mass is 9.73. The second-order valence-corrected chi connectivity index (χ2v) is 10.7. The Balaban J connectivity index is 1.46. The minimum Gasteiger partial charge on any atom is -0.491 e. The van der Waals surface area contributed by atoms with Crippen LogP contribution >= 0.6 is 0 Å². The third kappa shape index (κ3) is 6.65.